The van der Waals surface area contributed by atoms with E-state index in [1.807, 2.05) is 11.9 Å². The fraction of sp³-hybridized carbons (Fsp3) is 0.818. The Hall–Kier alpha value is -1.14. The van der Waals surface area contributed by atoms with Crippen LogP contribution in [0.5, 0.6) is 0 Å². The SMILES string of the molecule is CN(CC(=O)N1CCNC1=O)C(CN)C1CC1. The first-order chi connectivity index (χ1) is 8.13. The van der Waals surface area contributed by atoms with Crippen molar-refractivity contribution in [2.24, 2.45) is 11.7 Å². The van der Waals surface area contributed by atoms with E-state index in [2.05, 4.69) is 5.32 Å². The average molecular weight is 240 g/mol. The summed E-state index contributed by atoms with van der Waals surface area (Å²) in [5, 5.41) is 2.63. The second kappa shape index (κ2) is 5.01. The Morgan fingerprint density at radius 3 is 2.82 bits per heavy atom. The molecule has 2 fully saturated rings. The van der Waals surface area contributed by atoms with E-state index in [-0.39, 0.29) is 24.5 Å². The minimum atomic E-state index is -0.279. The maximum absolute atomic E-state index is 11.9. The maximum Gasteiger partial charge on any atom is 0.324 e. The molecule has 17 heavy (non-hydrogen) atoms. The summed E-state index contributed by atoms with van der Waals surface area (Å²) in [5.41, 5.74) is 5.73. The molecule has 0 aromatic carbocycles. The van der Waals surface area contributed by atoms with Crippen LogP contribution in [0.25, 0.3) is 0 Å². The quantitative estimate of drug-likeness (QED) is 0.660. The average Bonchev–Trinajstić information content (AvgIpc) is 3.01. The number of imide groups is 1. The van der Waals surface area contributed by atoms with Crippen molar-refractivity contribution in [3.63, 3.8) is 0 Å². The van der Waals surface area contributed by atoms with Gasteiger partial charge in [-0.3, -0.25) is 14.6 Å². The molecule has 0 bridgehead atoms. The summed E-state index contributed by atoms with van der Waals surface area (Å²) in [6.07, 6.45) is 2.40. The summed E-state index contributed by atoms with van der Waals surface area (Å²) >= 11 is 0. The highest BCUT2D eigenvalue weighted by molar-refractivity contribution is 5.96. The van der Waals surface area contributed by atoms with E-state index in [1.165, 1.54) is 17.7 Å². The van der Waals surface area contributed by atoms with Crippen LogP contribution in [0.1, 0.15) is 12.8 Å². The van der Waals surface area contributed by atoms with Gasteiger partial charge < -0.3 is 11.1 Å². The number of nitrogens with zero attached hydrogens (tertiary/aromatic N) is 2. The van der Waals surface area contributed by atoms with Gasteiger partial charge in [0.2, 0.25) is 5.91 Å². The van der Waals surface area contributed by atoms with Gasteiger partial charge in [-0.15, -0.1) is 0 Å². The lowest BCUT2D eigenvalue weighted by atomic mass is 10.1. The minimum Gasteiger partial charge on any atom is -0.336 e. The molecule has 6 nitrogen and oxygen atoms in total. The fourth-order valence-corrected chi connectivity index (χ4v) is 2.34. The van der Waals surface area contributed by atoms with Crippen LogP contribution in [0.3, 0.4) is 0 Å². The molecule has 1 saturated heterocycles. The molecular formula is C11H20N4O2. The molecule has 1 aliphatic heterocycles. The van der Waals surface area contributed by atoms with Crippen LogP contribution in [0, 0.1) is 5.92 Å². The molecule has 1 saturated carbocycles. The number of urea groups is 1. The predicted octanol–water partition coefficient (Wildman–Crippen LogP) is -0.793. The Bertz CT molecular complexity index is 317. The molecule has 96 valence electrons. The molecule has 3 amide bonds. The number of carbonyl (C=O) groups excluding carboxylic acids is 2. The number of likely N-dealkylation sites (N-methyl/N-ethyl adjacent to an activating group) is 1. The van der Waals surface area contributed by atoms with E-state index in [9.17, 15) is 9.59 Å². The maximum atomic E-state index is 11.9. The normalized spacial score (nSPS) is 21.8. The molecule has 0 spiro atoms. The molecular weight excluding hydrogens is 220 g/mol. The molecule has 0 aromatic rings. The summed E-state index contributed by atoms with van der Waals surface area (Å²) in [6, 6.07) is -0.0104. The van der Waals surface area contributed by atoms with E-state index in [0.717, 1.165) is 0 Å². The van der Waals surface area contributed by atoms with Gasteiger partial charge in [0.05, 0.1) is 6.54 Å². The topological polar surface area (TPSA) is 78.7 Å². The van der Waals surface area contributed by atoms with Crippen molar-refractivity contribution < 1.29 is 9.59 Å². The number of amides is 3. The zero-order valence-electron chi connectivity index (χ0n) is 10.2. The van der Waals surface area contributed by atoms with E-state index < -0.39 is 0 Å². The molecule has 1 aliphatic carbocycles. The first-order valence-electron chi connectivity index (χ1n) is 6.12. The third-order valence-corrected chi connectivity index (χ3v) is 3.52. The second-order valence-electron chi connectivity index (χ2n) is 4.83. The van der Waals surface area contributed by atoms with Crippen LogP contribution in [-0.2, 0) is 4.79 Å². The standard InChI is InChI=1S/C11H20N4O2/c1-14(9(6-12)8-2-3-8)7-10(16)15-5-4-13-11(15)17/h8-9H,2-7,12H2,1H3,(H,13,17). The highest BCUT2D eigenvalue weighted by atomic mass is 16.2. The van der Waals surface area contributed by atoms with E-state index >= 15 is 0 Å². The summed E-state index contributed by atoms with van der Waals surface area (Å²) in [7, 11) is 1.90. The van der Waals surface area contributed by atoms with Crippen molar-refractivity contribution >= 4 is 11.9 Å². The number of hydrogen-bond acceptors (Lipinski definition) is 4. The van der Waals surface area contributed by atoms with Gasteiger partial charge in [0.25, 0.3) is 0 Å². The van der Waals surface area contributed by atoms with Crippen molar-refractivity contribution in [3.05, 3.63) is 0 Å². The van der Waals surface area contributed by atoms with Gasteiger partial charge in [-0.25, -0.2) is 4.79 Å². The molecule has 0 aromatic heterocycles. The third-order valence-electron chi connectivity index (χ3n) is 3.52. The van der Waals surface area contributed by atoms with Crippen LogP contribution < -0.4 is 11.1 Å². The molecule has 3 N–H and O–H groups in total. The Kier molecular flexibility index (Phi) is 3.63. The highest BCUT2D eigenvalue weighted by Crippen LogP contribution is 2.34. The Morgan fingerprint density at radius 1 is 1.65 bits per heavy atom. The lowest BCUT2D eigenvalue weighted by Gasteiger charge is -2.27. The van der Waals surface area contributed by atoms with Crippen molar-refractivity contribution in [1.82, 2.24) is 15.1 Å². The van der Waals surface area contributed by atoms with Gasteiger partial charge in [0.1, 0.15) is 0 Å². The first kappa shape index (κ1) is 12.3. The zero-order chi connectivity index (χ0) is 12.4. The van der Waals surface area contributed by atoms with Crippen LogP contribution in [0.4, 0.5) is 4.79 Å². The van der Waals surface area contributed by atoms with Crippen LogP contribution in [-0.4, -0.2) is 61.0 Å². The number of carbonyl (C=O) groups is 2. The van der Waals surface area contributed by atoms with Crippen LogP contribution in [0.2, 0.25) is 0 Å². The van der Waals surface area contributed by atoms with Gasteiger partial charge in [-0.05, 0) is 25.8 Å². The second-order valence-corrected chi connectivity index (χ2v) is 4.83. The van der Waals surface area contributed by atoms with Gasteiger partial charge in [0, 0.05) is 25.7 Å². The Morgan fingerprint density at radius 2 is 2.35 bits per heavy atom. The predicted molar refractivity (Wildman–Crippen MR) is 63.3 cm³/mol. The van der Waals surface area contributed by atoms with Gasteiger partial charge in [-0.2, -0.15) is 0 Å². The molecule has 0 radical (unpaired) electrons. The Labute approximate surface area is 101 Å². The summed E-state index contributed by atoms with van der Waals surface area (Å²) < 4.78 is 0. The molecule has 1 unspecified atom stereocenters. The van der Waals surface area contributed by atoms with Crippen molar-refractivity contribution in [3.8, 4) is 0 Å². The minimum absolute atomic E-state index is 0.137. The lowest BCUT2D eigenvalue weighted by molar-refractivity contribution is -0.129. The smallest absolute Gasteiger partial charge is 0.324 e. The number of hydrogen-bond donors (Lipinski definition) is 2. The summed E-state index contributed by atoms with van der Waals surface area (Å²) in [4.78, 5) is 26.5. The highest BCUT2D eigenvalue weighted by Gasteiger charge is 2.35. The Balaban J connectivity index is 1.86. The van der Waals surface area contributed by atoms with Crippen molar-refractivity contribution in [2.45, 2.75) is 18.9 Å². The molecule has 2 rings (SSSR count). The monoisotopic (exact) mass is 240 g/mol. The molecule has 1 heterocycles. The number of nitrogens with two attached hydrogens (primary N) is 1. The number of rotatable bonds is 5. The van der Waals surface area contributed by atoms with Crippen molar-refractivity contribution in [1.29, 1.82) is 0 Å². The zero-order valence-corrected chi connectivity index (χ0v) is 10.2. The molecule has 2 aliphatic rings. The summed E-state index contributed by atoms with van der Waals surface area (Å²) in [5.74, 6) is 0.492. The third kappa shape index (κ3) is 2.76. The largest absolute Gasteiger partial charge is 0.336 e. The van der Waals surface area contributed by atoms with Crippen LogP contribution in [0.15, 0.2) is 0 Å². The first-order valence-corrected chi connectivity index (χ1v) is 6.12. The van der Waals surface area contributed by atoms with Gasteiger partial charge >= 0.3 is 6.03 Å². The van der Waals surface area contributed by atoms with Crippen molar-refractivity contribution in [2.75, 3.05) is 33.2 Å². The van der Waals surface area contributed by atoms with Gasteiger partial charge in [0.15, 0.2) is 0 Å². The van der Waals surface area contributed by atoms with Gasteiger partial charge in [-0.1, -0.05) is 0 Å². The molecule has 6 heteroatoms. The summed E-state index contributed by atoms with van der Waals surface area (Å²) in [6.45, 7) is 1.87. The van der Waals surface area contributed by atoms with E-state index in [0.29, 0.717) is 25.6 Å². The van der Waals surface area contributed by atoms with E-state index in [1.54, 1.807) is 0 Å². The lowest BCUT2D eigenvalue weighted by Crippen LogP contribution is -2.47. The fourth-order valence-electron chi connectivity index (χ4n) is 2.34. The van der Waals surface area contributed by atoms with Crippen LogP contribution >= 0.6 is 0 Å². The number of nitrogens with one attached hydrogen (secondary N) is 1. The molecule has 1 atom stereocenters. The van der Waals surface area contributed by atoms with E-state index in [4.69, 9.17) is 5.73 Å².